The van der Waals surface area contributed by atoms with E-state index in [1.54, 1.807) is 0 Å². The molecular weight excluding hydrogens is 176 g/mol. The van der Waals surface area contributed by atoms with Gasteiger partial charge in [0.1, 0.15) is 0 Å². The molecule has 0 fully saturated rings. The van der Waals surface area contributed by atoms with Crippen LogP contribution in [0.2, 0.25) is 0 Å². The minimum Gasteiger partial charge on any atom is -0.380 e. The van der Waals surface area contributed by atoms with Crippen LogP contribution in [0.5, 0.6) is 0 Å². The fourth-order valence-electron chi connectivity index (χ4n) is 1.37. The fourth-order valence-corrected chi connectivity index (χ4v) is 1.37. The summed E-state index contributed by atoms with van der Waals surface area (Å²) in [7, 11) is 0. The molecule has 0 aliphatic rings. The molecule has 0 bridgehead atoms. The van der Waals surface area contributed by atoms with Gasteiger partial charge in [0.25, 0.3) is 0 Å². The van der Waals surface area contributed by atoms with Crippen LogP contribution >= 0.6 is 0 Å². The van der Waals surface area contributed by atoms with Gasteiger partial charge >= 0.3 is 0 Å². The van der Waals surface area contributed by atoms with Crippen molar-refractivity contribution in [2.75, 3.05) is 13.2 Å². The van der Waals surface area contributed by atoms with Crippen molar-refractivity contribution in [1.29, 1.82) is 0 Å². The molecule has 0 saturated heterocycles. The quantitative estimate of drug-likeness (QED) is 0.706. The number of hydrogen-bond acceptors (Lipinski definition) is 2. The number of nitrogens with two attached hydrogens (primary N) is 1. The zero-order valence-electron chi connectivity index (χ0n) is 9.07. The van der Waals surface area contributed by atoms with Crippen LogP contribution in [-0.2, 0) is 11.3 Å². The van der Waals surface area contributed by atoms with Gasteiger partial charge in [-0.15, -0.1) is 0 Å². The second-order valence-corrected chi connectivity index (χ2v) is 3.39. The van der Waals surface area contributed by atoms with Crippen LogP contribution in [0.1, 0.15) is 31.9 Å². The lowest BCUT2D eigenvalue weighted by molar-refractivity contribution is 0.139. The molecule has 14 heavy (non-hydrogen) atoms. The summed E-state index contributed by atoms with van der Waals surface area (Å²) in [6, 6.07) is 2.25. The molecule has 0 aromatic carbocycles. The Morgan fingerprint density at radius 3 is 2.93 bits per heavy atom. The van der Waals surface area contributed by atoms with Crippen LogP contribution in [0.4, 0.5) is 0 Å². The molecule has 1 aromatic heterocycles. The molecule has 1 unspecified atom stereocenters. The lowest BCUT2D eigenvalue weighted by Crippen LogP contribution is -2.08. The van der Waals surface area contributed by atoms with Gasteiger partial charge in [0.05, 0.1) is 6.61 Å². The summed E-state index contributed by atoms with van der Waals surface area (Å²) < 4.78 is 7.41. The molecule has 0 aliphatic heterocycles. The van der Waals surface area contributed by atoms with Crippen molar-refractivity contribution >= 4 is 0 Å². The van der Waals surface area contributed by atoms with E-state index < -0.39 is 0 Å². The van der Waals surface area contributed by atoms with Crippen LogP contribution in [-0.4, -0.2) is 17.8 Å². The summed E-state index contributed by atoms with van der Waals surface area (Å²) in [5.74, 6) is 0. The van der Waals surface area contributed by atoms with Crippen molar-refractivity contribution in [2.24, 2.45) is 5.73 Å². The molecule has 0 aliphatic carbocycles. The second kappa shape index (κ2) is 5.83. The van der Waals surface area contributed by atoms with Gasteiger partial charge < -0.3 is 15.0 Å². The van der Waals surface area contributed by atoms with E-state index >= 15 is 0 Å². The molecule has 0 radical (unpaired) electrons. The molecule has 1 aromatic rings. The van der Waals surface area contributed by atoms with E-state index in [2.05, 4.69) is 30.0 Å². The monoisotopic (exact) mass is 196 g/mol. The number of nitrogens with zero attached hydrogens (tertiary/aromatic N) is 1. The van der Waals surface area contributed by atoms with Crippen LogP contribution < -0.4 is 5.73 Å². The van der Waals surface area contributed by atoms with E-state index in [1.165, 1.54) is 5.56 Å². The lowest BCUT2D eigenvalue weighted by Gasteiger charge is -2.05. The highest BCUT2D eigenvalue weighted by Crippen LogP contribution is 2.13. The number of ether oxygens (including phenoxy) is 1. The van der Waals surface area contributed by atoms with Gasteiger partial charge in [-0.3, -0.25) is 0 Å². The third-order valence-corrected chi connectivity index (χ3v) is 2.34. The zero-order chi connectivity index (χ0) is 10.4. The second-order valence-electron chi connectivity index (χ2n) is 3.39. The minimum absolute atomic E-state index is 0.170. The maximum Gasteiger partial charge on any atom is 0.0645 e. The van der Waals surface area contributed by atoms with Gasteiger partial charge in [-0.1, -0.05) is 6.92 Å². The first-order chi connectivity index (χ1) is 6.77. The van der Waals surface area contributed by atoms with Crippen molar-refractivity contribution in [3.8, 4) is 0 Å². The van der Waals surface area contributed by atoms with Crippen molar-refractivity contribution in [1.82, 2.24) is 4.57 Å². The summed E-state index contributed by atoms with van der Waals surface area (Å²) in [6.45, 7) is 6.56. The Kier molecular flexibility index (Phi) is 4.70. The SMILES string of the molecule is CCOCCn1ccc(C(N)CC)c1. The molecule has 2 N–H and O–H groups in total. The Hall–Kier alpha value is -0.800. The van der Waals surface area contributed by atoms with Gasteiger partial charge in [0.2, 0.25) is 0 Å². The van der Waals surface area contributed by atoms with Crippen molar-refractivity contribution < 1.29 is 4.74 Å². The molecule has 1 atom stereocenters. The zero-order valence-corrected chi connectivity index (χ0v) is 9.07. The number of rotatable bonds is 6. The Morgan fingerprint density at radius 1 is 1.50 bits per heavy atom. The molecule has 0 amide bonds. The molecule has 80 valence electrons. The highest BCUT2D eigenvalue weighted by atomic mass is 16.5. The van der Waals surface area contributed by atoms with Crippen LogP contribution in [0.15, 0.2) is 18.5 Å². The van der Waals surface area contributed by atoms with Crippen molar-refractivity contribution in [2.45, 2.75) is 32.9 Å². The maximum atomic E-state index is 5.92. The van der Waals surface area contributed by atoms with E-state index in [4.69, 9.17) is 10.5 Å². The van der Waals surface area contributed by atoms with Gasteiger partial charge in [0, 0.05) is 31.6 Å². The van der Waals surface area contributed by atoms with Gasteiger partial charge in [-0.2, -0.15) is 0 Å². The predicted molar refractivity (Wildman–Crippen MR) is 58.1 cm³/mol. The third-order valence-electron chi connectivity index (χ3n) is 2.34. The van der Waals surface area contributed by atoms with Crippen LogP contribution in [0.3, 0.4) is 0 Å². The first-order valence-electron chi connectivity index (χ1n) is 5.27. The van der Waals surface area contributed by atoms with Gasteiger partial charge in [0.15, 0.2) is 0 Å². The van der Waals surface area contributed by atoms with Crippen LogP contribution in [0, 0.1) is 0 Å². The molecule has 0 spiro atoms. The molecule has 1 rings (SSSR count). The van der Waals surface area contributed by atoms with E-state index in [0.29, 0.717) is 0 Å². The minimum atomic E-state index is 0.170. The first kappa shape index (κ1) is 11.3. The van der Waals surface area contributed by atoms with E-state index in [1.807, 2.05) is 6.92 Å². The molecule has 1 heterocycles. The molecule has 0 saturated carbocycles. The third kappa shape index (κ3) is 3.16. The lowest BCUT2D eigenvalue weighted by atomic mass is 10.1. The first-order valence-corrected chi connectivity index (χ1v) is 5.27. The Labute approximate surface area is 85.9 Å². The molecular formula is C11H20N2O. The molecule has 3 heteroatoms. The normalized spacial score (nSPS) is 13.1. The fraction of sp³-hybridized carbons (Fsp3) is 0.636. The standard InChI is InChI=1S/C11H20N2O/c1-3-11(12)10-5-6-13(9-10)7-8-14-4-2/h5-6,9,11H,3-4,7-8,12H2,1-2H3. The Morgan fingerprint density at radius 2 is 2.29 bits per heavy atom. The number of hydrogen-bond donors (Lipinski definition) is 1. The summed E-state index contributed by atoms with van der Waals surface area (Å²) in [6.07, 6.45) is 5.15. The van der Waals surface area contributed by atoms with Crippen LogP contribution in [0.25, 0.3) is 0 Å². The van der Waals surface area contributed by atoms with Crippen molar-refractivity contribution in [3.63, 3.8) is 0 Å². The Bertz CT molecular complexity index is 258. The highest BCUT2D eigenvalue weighted by Gasteiger charge is 2.04. The van der Waals surface area contributed by atoms with E-state index in [9.17, 15) is 0 Å². The van der Waals surface area contributed by atoms with Gasteiger partial charge in [-0.05, 0) is 25.0 Å². The highest BCUT2D eigenvalue weighted by molar-refractivity contribution is 5.14. The summed E-state index contributed by atoms with van der Waals surface area (Å²) >= 11 is 0. The summed E-state index contributed by atoms with van der Waals surface area (Å²) in [5, 5.41) is 0. The largest absolute Gasteiger partial charge is 0.380 e. The molecule has 3 nitrogen and oxygen atoms in total. The summed E-state index contributed by atoms with van der Waals surface area (Å²) in [4.78, 5) is 0. The van der Waals surface area contributed by atoms with E-state index in [-0.39, 0.29) is 6.04 Å². The smallest absolute Gasteiger partial charge is 0.0645 e. The number of aromatic nitrogens is 1. The summed E-state index contributed by atoms with van der Waals surface area (Å²) in [5.41, 5.74) is 7.13. The average Bonchev–Trinajstić information content (AvgIpc) is 2.66. The maximum absolute atomic E-state index is 5.92. The average molecular weight is 196 g/mol. The van der Waals surface area contributed by atoms with Gasteiger partial charge in [-0.25, -0.2) is 0 Å². The van der Waals surface area contributed by atoms with E-state index in [0.717, 1.165) is 26.2 Å². The topological polar surface area (TPSA) is 40.2 Å². The predicted octanol–water partition coefficient (Wildman–Crippen LogP) is 1.93. The Balaban J connectivity index is 2.42. The van der Waals surface area contributed by atoms with Crippen molar-refractivity contribution in [3.05, 3.63) is 24.0 Å².